The molecular formula is C18H23BN2O4S. The zero-order chi connectivity index (χ0) is 19.2. The SMILES string of the molecule is Cc1ncc(B2OC(C)(C)C(C)(C)O2)cc1NS(=O)(=O)c1ccccc1. The number of pyridine rings is 1. The van der Waals surface area contributed by atoms with Crippen LogP contribution in [0.2, 0.25) is 0 Å². The first-order valence-corrected chi connectivity index (χ1v) is 9.90. The summed E-state index contributed by atoms with van der Waals surface area (Å²) in [5.41, 5.74) is 0.685. The van der Waals surface area contributed by atoms with Gasteiger partial charge in [0.05, 0.1) is 27.5 Å². The Kier molecular flexibility index (Phi) is 4.63. The molecule has 1 saturated heterocycles. The molecule has 8 heteroatoms. The minimum absolute atomic E-state index is 0.195. The quantitative estimate of drug-likeness (QED) is 0.832. The largest absolute Gasteiger partial charge is 0.496 e. The van der Waals surface area contributed by atoms with Crippen LogP contribution in [0, 0.1) is 6.92 Å². The molecule has 0 atom stereocenters. The van der Waals surface area contributed by atoms with Gasteiger partial charge in [0.25, 0.3) is 10.0 Å². The third kappa shape index (κ3) is 3.49. The van der Waals surface area contributed by atoms with Gasteiger partial charge in [-0.05, 0) is 52.8 Å². The predicted octanol–water partition coefficient (Wildman–Crippen LogP) is 2.49. The number of aromatic nitrogens is 1. The van der Waals surface area contributed by atoms with Crippen LogP contribution in [0.3, 0.4) is 0 Å². The van der Waals surface area contributed by atoms with Crippen molar-refractivity contribution in [1.82, 2.24) is 4.98 Å². The molecule has 1 N–H and O–H groups in total. The van der Waals surface area contributed by atoms with Crippen LogP contribution in [0.15, 0.2) is 47.5 Å². The van der Waals surface area contributed by atoms with Gasteiger partial charge in [0.1, 0.15) is 0 Å². The molecule has 0 bridgehead atoms. The monoisotopic (exact) mass is 374 g/mol. The number of nitrogens with zero attached hydrogens (tertiary/aromatic N) is 1. The maximum absolute atomic E-state index is 12.6. The van der Waals surface area contributed by atoms with E-state index in [1.807, 2.05) is 27.7 Å². The smallest absolute Gasteiger partial charge is 0.399 e. The zero-order valence-corrected chi connectivity index (χ0v) is 16.4. The summed E-state index contributed by atoms with van der Waals surface area (Å²) in [6.45, 7) is 9.61. The normalized spacial score (nSPS) is 18.7. The van der Waals surface area contributed by atoms with Gasteiger partial charge in [0.15, 0.2) is 0 Å². The van der Waals surface area contributed by atoms with E-state index in [9.17, 15) is 8.42 Å². The molecule has 2 aromatic rings. The molecule has 1 aromatic carbocycles. The van der Waals surface area contributed by atoms with Crippen LogP contribution < -0.4 is 10.2 Å². The Morgan fingerprint density at radius 3 is 2.19 bits per heavy atom. The summed E-state index contributed by atoms with van der Waals surface area (Å²) in [5, 5.41) is 0. The lowest BCUT2D eigenvalue weighted by Crippen LogP contribution is -2.41. The summed E-state index contributed by atoms with van der Waals surface area (Å²) in [6, 6.07) is 9.93. The average Bonchev–Trinajstić information content (AvgIpc) is 2.78. The molecular weight excluding hydrogens is 351 g/mol. The van der Waals surface area contributed by atoms with Crippen molar-refractivity contribution >= 4 is 28.3 Å². The van der Waals surface area contributed by atoms with E-state index in [-0.39, 0.29) is 4.90 Å². The van der Waals surface area contributed by atoms with Gasteiger partial charge in [-0.2, -0.15) is 0 Å². The summed E-state index contributed by atoms with van der Waals surface area (Å²) in [4.78, 5) is 4.50. The summed E-state index contributed by atoms with van der Waals surface area (Å²) in [5.74, 6) is 0. The first kappa shape index (κ1) is 18.9. The Labute approximate surface area is 155 Å². The fourth-order valence-electron chi connectivity index (χ4n) is 2.56. The van der Waals surface area contributed by atoms with E-state index in [2.05, 4.69) is 9.71 Å². The molecule has 1 aliphatic rings. The number of benzene rings is 1. The van der Waals surface area contributed by atoms with Gasteiger partial charge >= 0.3 is 7.12 Å². The number of rotatable bonds is 4. The molecule has 1 fully saturated rings. The highest BCUT2D eigenvalue weighted by Crippen LogP contribution is 2.36. The van der Waals surface area contributed by atoms with Gasteiger partial charge < -0.3 is 9.31 Å². The van der Waals surface area contributed by atoms with E-state index in [0.717, 1.165) is 0 Å². The third-order valence-electron chi connectivity index (χ3n) is 4.93. The minimum Gasteiger partial charge on any atom is -0.399 e. The minimum atomic E-state index is -3.69. The van der Waals surface area contributed by atoms with Crippen LogP contribution in [0.25, 0.3) is 0 Å². The lowest BCUT2D eigenvalue weighted by atomic mass is 9.80. The molecule has 6 nitrogen and oxygen atoms in total. The van der Waals surface area contributed by atoms with Crippen molar-refractivity contribution in [3.05, 3.63) is 48.3 Å². The van der Waals surface area contributed by atoms with E-state index in [1.165, 1.54) is 0 Å². The molecule has 2 heterocycles. The molecule has 0 unspecified atom stereocenters. The first-order valence-electron chi connectivity index (χ1n) is 8.42. The number of aryl methyl sites for hydroxylation is 1. The van der Waals surface area contributed by atoms with Crippen LogP contribution in [-0.4, -0.2) is 31.7 Å². The van der Waals surface area contributed by atoms with Gasteiger partial charge in [-0.15, -0.1) is 0 Å². The van der Waals surface area contributed by atoms with Crippen LogP contribution in [0.4, 0.5) is 5.69 Å². The van der Waals surface area contributed by atoms with Gasteiger partial charge in [0, 0.05) is 11.7 Å². The number of hydrogen-bond donors (Lipinski definition) is 1. The molecule has 0 spiro atoms. The van der Waals surface area contributed by atoms with Crippen molar-refractivity contribution in [2.24, 2.45) is 0 Å². The van der Waals surface area contributed by atoms with E-state index >= 15 is 0 Å². The molecule has 3 rings (SSSR count). The fraction of sp³-hybridized carbons (Fsp3) is 0.389. The van der Waals surface area contributed by atoms with Crippen molar-refractivity contribution in [3.63, 3.8) is 0 Å². The highest BCUT2D eigenvalue weighted by molar-refractivity contribution is 7.92. The molecule has 0 radical (unpaired) electrons. The second-order valence-electron chi connectivity index (χ2n) is 7.41. The number of hydrogen-bond acceptors (Lipinski definition) is 5. The Balaban J connectivity index is 1.90. The second kappa shape index (κ2) is 6.37. The standard InChI is InChI=1S/C18H23BN2O4S/c1-13-16(21-26(22,23)15-9-7-6-8-10-15)11-14(12-20-13)19-24-17(2,3)18(4,5)25-19/h6-12,21H,1-5H3. The second-order valence-corrected chi connectivity index (χ2v) is 9.09. The molecule has 1 aromatic heterocycles. The third-order valence-corrected chi connectivity index (χ3v) is 6.31. The number of nitrogens with one attached hydrogen (secondary N) is 1. The summed E-state index contributed by atoms with van der Waals surface area (Å²) in [7, 11) is -4.30. The highest BCUT2D eigenvalue weighted by Gasteiger charge is 2.51. The van der Waals surface area contributed by atoms with Crippen molar-refractivity contribution in [2.45, 2.75) is 50.7 Å². The fourth-order valence-corrected chi connectivity index (χ4v) is 3.69. The average molecular weight is 374 g/mol. The molecule has 0 aliphatic carbocycles. The van der Waals surface area contributed by atoms with Gasteiger partial charge in [-0.1, -0.05) is 18.2 Å². The van der Waals surface area contributed by atoms with E-state index in [4.69, 9.17) is 9.31 Å². The lowest BCUT2D eigenvalue weighted by molar-refractivity contribution is 0.00578. The topological polar surface area (TPSA) is 77.5 Å². The van der Waals surface area contributed by atoms with Crippen molar-refractivity contribution < 1.29 is 17.7 Å². The summed E-state index contributed by atoms with van der Waals surface area (Å²) in [6.07, 6.45) is 1.65. The number of anilines is 1. The van der Waals surface area contributed by atoms with E-state index < -0.39 is 28.3 Å². The Hall–Kier alpha value is -1.90. The van der Waals surface area contributed by atoms with Gasteiger partial charge in [-0.3, -0.25) is 9.71 Å². The van der Waals surface area contributed by atoms with Crippen molar-refractivity contribution in [2.75, 3.05) is 4.72 Å². The van der Waals surface area contributed by atoms with Crippen molar-refractivity contribution in [1.29, 1.82) is 0 Å². The number of sulfonamides is 1. The summed E-state index contributed by atoms with van der Waals surface area (Å²) < 4.78 is 39.8. The Bertz CT molecular complexity index is 898. The zero-order valence-electron chi connectivity index (χ0n) is 15.6. The predicted molar refractivity (Wildman–Crippen MR) is 102 cm³/mol. The van der Waals surface area contributed by atoms with Crippen LogP contribution in [0.5, 0.6) is 0 Å². The molecule has 1 aliphatic heterocycles. The van der Waals surface area contributed by atoms with Crippen LogP contribution >= 0.6 is 0 Å². The van der Waals surface area contributed by atoms with Crippen LogP contribution in [0.1, 0.15) is 33.4 Å². The Morgan fingerprint density at radius 2 is 1.62 bits per heavy atom. The van der Waals surface area contributed by atoms with Crippen molar-refractivity contribution in [3.8, 4) is 0 Å². The molecule has 138 valence electrons. The van der Waals surface area contributed by atoms with E-state index in [0.29, 0.717) is 16.8 Å². The molecule has 26 heavy (non-hydrogen) atoms. The maximum Gasteiger partial charge on any atom is 0.496 e. The van der Waals surface area contributed by atoms with Gasteiger partial charge in [-0.25, -0.2) is 8.42 Å². The maximum atomic E-state index is 12.6. The molecule has 0 amide bonds. The molecule has 0 saturated carbocycles. The van der Waals surface area contributed by atoms with Crippen LogP contribution in [-0.2, 0) is 19.3 Å². The van der Waals surface area contributed by atoms with E-state index in [1.54, 1.807) is 49.5 Å². The van der Waals surface area contributed by atoms with Gasteiger partial charge in [0.2, 0.25) is 0 Å². The highest BCUT2D eigenvalue weighted by atomic mass is 32.2. The lowest BCUT2D eigenvalue weighted by Gasteiger charge is -2.32. The summed E-state index contributed by atoms with van der Waals surface area (Å²) >= 11 is 0. The first-order chi connectivity index (χ1) is 12.0. The Morgan fingerprint density at radius 1 is 1.04 bits per heavy atom.